The van der Waals surface area contributed by atoms with Crippen molar-refractivity contribution < 1.29 is 0 Å². The molecule has 0 saturated carbocycles. The van der Waals surface area contributed by atoms with Gasteiger partial charge in [-0.2, -0.15) is 28.0 Å². The van der Waals surface area contributed by atoms with E-state index in [0.29, 0.717) is 17.6 Å². The van der Waals surface area contributed by atoms with E-state index in [1.54, 1.807) is 24.5 Å². The van der Waals surface area contributed by atoms with Crippen LogP contribution in [0.3, 0.4) is 0 Å². The molecule has 0 atom stereocenters. The number of thiophene rings is 2. The lowest BCUT2D eigenvalue weighted by atomic mass is 9.65. The molecule has 13 aromatic rings. The van der Waals surface area contributed by atoms with Crippen molar-refractivity contribution in [1.29, 1.82) is 10.5 Å². The molecule has 0 aliphatic heterocycles. The molecular weight excluding hydrogens is 1130 g/mol. The van der Waals surface area contributed by atoms with Crippen molar-refractivity contribution in [3.8, 4) is 55.3 Å². The van der Waals surface area contributed by atoms with Crippen LogP contribution < -0.4 is 0 Å². The van der Waals surface area contributed by atoms with E-state index in [9.17, 15) is 10.5 Å². The maximum absolute atomic E-state index is 9.70. The van der Waals surface area contributed by atoms with E-state index in [-0.39, 0.29) is 5.57 Å². The van der Waals surface area contributed by atoms with Gasteiger partial charge in [0.1, 0.15) is 39.8 Å². The third-order valence-corrected chi connectivity index (χ3v) is 21.0. The Kier molecular flexibility index (Phi) is 12.7. The Hall–Kier alpha value is -9.66. The largest absolute Gasteiger partial charge is 0.296 e. The topological polar surface area (TPSA) is 124 Å². The van der Waals surface area contributed by atoms with Crippen LogP contribution in [-0.4, -0.2) is 44.0 Å². The minimum atomic E-state index is -0.764. The number of allylic oxidation sites excluding steroid dienone is 1. The highest BCUT2D eigenvalue weighted by Crippen LogP contribution is 2.66. The molecular formula is C74H50N8S4. The molecule has 15 rings (SSSR count). The van der Waals surface area contributed by atoms with Crippen LogP contribution in [0.2, 0.25) is 0 Å². The van der Waals surface area contributed by atoms with E-state index in [0.717, 1.165) is 65.7 Å². The minimum Gasteiger partial charge on any atom is -0.296 e. The van der Waals surface area contributed by atoms with Gasteiger partial charge in [-0.05, 0) is 154 Å². The van der Waals surface area contributed by atoms with Crippen molar-refractivity contribution in [2.45, 2.75) is 38.5 Å². The normalized spacial score (nSPS) is 13.7. The summed E-state index contributed by atoms with van der Waals surface area (Å²) in [7, 11) is 1.77. The Morgan fingerprint density at radius 1 is 0.477 bits per heavy atom. The van der Waals surface area contributed by atoms with Crippen molar-refractivity contribution in [2.75, 3.05) is 13.6 Å². The molecule has 8 nitrogen and oxygen atoms in total. The van der Waals surface area contributed by atoms with Crippen molar-refractivity contribution in [3.63, 3.8) is 0 Å². The molecule has 0 unspecified atom stereocenters. The number of benzene rings is 9. The summed E-state index contributed by atoms with van der Waals surface area (Å²) in [5.41, 5.74) is 25.7. The van der Waals surface area contributed by atoms with E-state index in [2.05, 4.69) is 214 Å². The van der Waals surface area contributed by atoms with Crippen LogP contribution in [0, 0.1) is 50.4 Å². The van der Waals surface area contributed by atoms with Crippen LogP contribution in [0.25, 0.3) is 97.5 Å². The minimum absolute atomic E-state index is 0.0168. The quantitative estimate of drug-likeness (QED) is 0.0938. The fraction of sp³-hybridized carbons (Fsp3) is 0.108. The highest BCUT2D eigenvalue weighted by Gasteiger charge is 2.53. The number of hydrogen-bond donors (Lipinski definition) is 0. The number of nitrogens with zero attached hydrogens (tertiary/aromatic N) is 8. The molecule has 4 heterocycles. The first kappa shape index (κ1) is 53.1. The SMILES string of the molecule is C=NC/C(C=NC)=C/c1ccc(-c2cc3ccc4c(c3s2)C(c2ccc(C)cc2)(c2ccc(C)cc2)c2cc3c(cc2-4)C(c2ccc(C)cc2)(c2ccc(C)cc2)c2c-3ccc3cc(-c4ccc(C=C(C#N)C#N)c5nsnc45)sc23)c2nsnc12. The first-order chi connectivity index (χ1) is 42.0. The Morgan fingerprint density at radius 3 is 1.24 bits per heavy atom. The highest BCUT2D eigenvalue weighted by atomic mass is 32.1. The van der Waals surface area contributed by atoms with Gasteiger partial charge in [0.25, 0.3) is 0 Å². The van der Waals surface area contributed by atoms with Gasteiger partial charge in [0.15, 0.2) is 0 Å². The van der Waals surface area contributed by atoms with E-state index < -0.39 is 10.8 Å². The van der Waals surface area contributed by atoms with E-state index in [1.807, 2.05) is 35.8 Å². The van der Waals surface area contributed by atoms with Gasteiger partial charge >= 0.3 is 0 Å². The molecule has 0 bridgehead atoms. The van der Waals surface area contributed by atoms with Crippen molar-refractivity contribution in [2.24, 2.45) is 9.98 Å². The third-order valence-electron chi connectivity index (χ3n) is 17.5. The second kappa shape index (κ2) is 20.6. The number of hydrogen-bond acceptors (Lipinski definition) is 12. The summed E-state index contributed by atoms with van der Waals surface area (Å²) in [5.74, 6) is 0. The standard InChI is InChI=1S/C74H50N8S4/c1-41-7-19-51(20-8-41)73(52-21-9-42(2)10-22-52)61-36-60-56-28-18-50-34-64(58-30-16-48(68-70(58)82-86-80-68)32-46(39-77-5)40-78-6)84-72(50)66(56)74(53-23-11-43(3)12-24-53,54-25-13-44(4)14-26-54)62(60)35-59(61)55-27-17-49-33-63(83-71(49)65(55)73)57-29-15-47(31-45(37-75)38-76)67-69(57)81-85-79-67/h7-36,40H,5,39H2,1-4,6H3/b46-32-,78-40?. The fourth-order valence-corrected chi connectivity index (χ4v) is 17.4. The molecule has 0 radical (unpaired) electrons. The Labute approximate surface area is 514 Å². The van der Waals surface area contributed by atoms with Gasteiger partial charge in [-0.3, -0.25) is 9.98 Å². The smallest absolute Gasteiger partial charge is 0.130 e. The lowest BCUT2D eigenvalue weighted by Gasteiger charge is -2.36. The zero-order chi connectivity index (χ0) is 58.6. The second-order valence-electron chi connectivity index (χ2n) is 22.5. The molecule has 0 saturated heterocycles. The summed E-state index contributed by atoms with van der Waals surface area (Å²) < 4.78 is 21.8. The van der Waals surface area contributed by atoms with Crippen LogP contribution >= 0.6 is 46.1 Å². The predicted molar refractivity (Wildman–Crippen MR) is 360 cm³/mol. The first-order valence-corrected chi connectivity index (χ1v) is 31.4. The first-order valence-electron chi connectivity index (χ1n) is 28.3. The molecule has 0 amide bonds. The van der Waals surface area contributed by atoms with E-state index >= 15 is 0 Å². The summed E-state index contributed by atoms with van der Waals surface area (Å²) in [6, 6.07) is 68.6. The van der Waals surface area contributed by atoms with Crippen molar-refractivity contribution >= 4 is 113 Å². The summed E-state index contributed by atoms with van der Waals surface area (Å²) in [6.45, 7) is 12.9. The van der Waals surface area contributed by atoms with E-state index in [1.165, 1.54) is 116 Å². The summed E-state index contributed by atoms with van der Waals surface area (Å²) in [6.07, 6.45) is 5.52. The van der Waals surface area contributed by atoms with Crippen LogP contribution in [-0.2, 0) is 10.8 Å². The molecule has 2 aliphatic rings. The Bertz CT molecular complexity index is 5070. The Morgan fingerprint density at radius 2 is 0.860 bits per heavy atom. The monoisotopic (exact) mass is 1180 g/mol. The van der Waals surface area contributed by atoms with Crippen molar-refractivity contribution in [3.05, 3.63) is 259 Å². The molecule has 86 heavy (non-hydrogen) atoms. The number of aromatic nitrogens is 4. The van der Waals surface area contributed by atoms with Crippen molar-refractivity contribution in [1.82, 2.24) is 17.5 Å². The summed E-state index contributed by atoms with van der Waals surface area (Å²) in [4.78, 5) is 10.6. The number of nitriles is 2. The summed E-state index contributed by atoms with van der Waals surface area (Å²) >= 11 is 6.01. The van der Waals surface area contributed by atoms with Crippen LogP contribution in [0.1, 0.15) is 77.9 Å². The second-order valence-corrected chi connectivity index (χ2v) is 25.7. The molecule has 0 N–H and O–H groups in total. The zero-order valence-corrected chi connectivity index (χ0v) is 50.8. The van der Waals surface area contributed by atoms with Gasteiger partial charge in [0.2, 0.25) is 0 Å². The van der Waals surface area contributed by atoms with Gasteiger partial charge in [-0.15, -0.1) is 22.7 Å². The van der Waals surface area contributed by atoms with Gasteiger partial charge in [0, 0.05) is 54.7 Å². The molecule has 0 spiro atoms. The third kappa shape index (κ3) is 7.94. The zero-order valence-electron chi connectivity index (χ0n) is 47.5. The van der Waals surface area contributed by atoms with Gasteiger partial charge < -0.3 is 0 Å². The number of aryl methyl sites for hydroxylation is 4. The lowest BCUT2D eigenvalue weighted by molar-refractivity contribution is 0.765. The molecule has 4 aromatic heterocycles. The van der Waals surface area contributed by atoms with Crippen LogP contribution in [0.15, 0.2) is 191 Å². The highest BCUT2D eigenvalue weighted by molar-refractivity contribution is 7.23. The Balaban J connectivity index is 1.03. The van der Waals surface area contributed by atoms with Gasteiger partial charge in [-0.1, -0.05) is 168 Å². The fourth-order valence-electron chi connectivity index (χ4n) is 13.6. The average Bonchev–Trinajstić information content (AvgIpc) is 1.52. The van der Waals surface area contributed by atoms with Gasteiger partial charge in [-0.25, -0.2) is 0 Å². The lowest BCUT2D eigenvalue weighted by Crippen LogP contribution is -2.30. The molecule has 0 fully saturated rings. The van der Waals surface area contributed by atoms with Crippen LogP contribution in [0.4, 0.5) is 0 Å². The maximum Gasteiger partial charge on any atom is 0.130 e. The maximum atomic E-state index is 9.70. The van der Waals surface area contributed by atoms with E-state index in [4.69, 9.17) is 17.5 Å². The number of fused-ring (bicyclic) bond motifs is 12. The van der Waals surface area contributed by atoms with Gasteiger partial charge in [0.05, 0.1) is 40.8 Å². The molecule has 12 heteroatoms. The summed E-state index contributed by atoms with van der Waals surface area (Å²) in [5, 5.41) is 21.7. The molecule has 2 aliphatic carbocycles. The number of aliphatic imine (C=N–C) groups is 2. The molecule has 9 aromatic carbocycles. The van der Waals surface area contributed by atoms with Crippen LogP contribution in [0.5, 0.6) is 0 Å². The average molecular weight is 1180 g/mol. The molecule has 410 valence electrons. The predicted octanol–water partition coefficient (Wildman–Crippen LogP) is 18.6. The number of rotatable bonds is 11.